The second-order valence-electron chi connectivity index (χ2n) is 6.82. The zero-order chi connectivity index (χ0) is 17.4. The molecule has 2 aliphatic carbocycles. The zero-order valence-corrected chi connectivity index (χ0v) is 15.9. The summed E-state index contributed by atoms with van der Waals surface area (Å²) >= 11 is 0. The van der Waals surface area contributed by atoms with Crippen LogP contribution in [0.3, 0.4) is 0 Å². The molecule has 2 aliphatic rings. The molecule has 28 heavy (non-hydrogen) atoms. The van der Waals surface area contributed by atoms with Crippen LogP contribution < -0.4 is 0 Å². The summed E-state index contributed by atoms with van der Waals surface area (Å²) in [5.41, 5.74) is 6.78. The van der Waals surface area contributed by atoms with Gasteiger partial charge in [-0.25, -0.2) is 0 Å². The van der Waals surface area contributed by atoms with Gasteiger partial charge in [0.1, 0.15) is 0 Å². The maximum Gasteiger partial charge on any atom is 0.194 e. The van der Waals surface area contributed by atoms with Crippen molar-refractivity contribution < 1.29 is 85.1 Å². The average Bonchev–Trinajstić information content (AvgIpc) is 2.70. The molecule has 6 rings (SSSR count). The Morgan fingerprint density at radius 3 is 1.07 bits per heavy atom. The number of carbonyl (C=O) groups is 2. The molecule has 4 aromatic carbocycles. The van der Waals surface area contributed by atoms with Crippen molar-refractivity contribution in [2.45, 2.75) is 0 Å². The van der Waals surface area contributed by atoms with Crippen LogP contribution in [0.15, 0.2) is 72.8 Å². The van der Waals surface area contributed by atoms with Crippen molar-refractivity contribution in [1.82, 2.24) is 0 Å². The quantitative estimate of drug-likeness (QED) is 0.341. The molecule has 0 amide bonds. The number of rotatable bonds is 0. The Balaban J connectivity index is 0.000000961. The minimum Gasteiger partial charge on any atom is -0.289 e. The van der Waals surface area contributed by atoms with Crippen LogP contribution in [0.5, 0.6) is 0 Å². The van der Waals surface area contributed by atoms with Crippen LogP contribution in [0, 0.1) is 75.5 Å². The van der Waals surface area contributed by atoms with Gasteiger partial charge in [-0.05, 0) is 34.4 Å². The smallest absolute Gasteiger partial charge is 0.194 e. The predicted molar refractivity (Wildman–Crippen MR) is 102 cm³/mol. The van der Waals surface area contributed by atoms with Gasteiger partial charge in [0.25, 0.3) is 0 Å². The van der Waals surface area contributed by atoms with Crippen molar-refractivity contribution in [1.29, 1.82) is 0 Å². The van der Waals surface area contributed by atoms with E-state index in [1.807, 2.05) is 72.8 Å². The second kappa shape index (κ2) is 7.36. The molecule has 136 valence electrons. The van der Waals surface area contributed by atoms with E-state index in [0.29, 0.717) is 11.1 Å². The first-order chi connectivity index (χ1) is 12.8. The molecule has 0 aromatic heterocycles. The summed E-state index contributed by atoms with van der Waals surface area (Å²) in [7, 11) is 0. The molecule has 0 aliphatic heterocycles. The summed E-state index contributed by atoms with van der Waals surface area (Å²) < 4.78 is 0. The summed E-state index contributed by atoms with van der Waals surface area (Å²) in [6.45, 7) is 0. The Bertz CT molecular complexity index is 1220. The standard InChI is InChI=1S/C24H12O2.2Ar/c25-23-17-7-3-1-5-13(17)15-9-11-20-22-16(10-12-19(23)21(15)22)14-6-2-4-8-18(14)24(20)26;;/h1-12H;;. The van der Waals surface area contributed by atoms with Crippen molar-refractivity contribution in [2.24, 2.45) is 0 Å². The fourth-order valence-electron chi connectivity index (χ4n) is 4.44. The number of fused-ring (bicyclic) bond motifs is 4. The van der Waals surface area contributed by atoms with E-state index in [-0.39, 0.29) is 87.0 Å². The largest absolute Gasteiger partial charge is 0.289 e. The maximum atomic E-state index is 13.1. The number of benzene rings is 4. The van der Waals surface area contributed by atoms with Gasteiger partial charge in [-0.15, -0.1) is 0 Å². The first-order valence-electron chi connectivity index (χ1n) is 8.63. The average molecular weight is 412 g/mol. The maximum absolute atomic E-state index is 13.1. The molecule has 4 aromatic rings. The van der Waals surface area contributed by atoms with Gasteiger partial charge >= 0.3 is 0 Å². The Morgan fingerprint density at radius 2 is 0.679 bits per heavy atom. The molecule has 2 nitrogen and oxygen atoms in total. The van der Waals surface area contributed by atoms with E-state index in [2.05, 4.69) is 0 Å². The normalized spacial score (nSPS) is 12.6. The number of hydrogen-bond donors (Lipinski definition) is 0. The van der Waals surface area contributed by atoms with Crippen molar-refractivity contribution in [3.63, 3.8) is 0 Å². The minimum absolute atomic E-state index is 0. The third-order valence-corrected chi connectivity index (χ3v) is 5.57. The Labute approximate surface area is 222 Å². The molecule has 0 saturated heterocycles. The van der Waals surface area contributed by atoms with Crippen LogP contribution in [0.4, 0.5) is 0 Å². The van der Waals surface area contributed by atoms with Crippen molar-refractivity contribution in [2.75, 3.05) is 0 Å². The molecule has 0 radical (unpaired) electrons. The van der Waals surface area contributed by atoms with Gasteiger partial charge in [-0.1, -0.05) is 60.7 Å². The number of ketones is 2. The van der Waals surface area contributed by atoms with Gasteiger partial charge in [0.15, 0.2) is 11.6 Å². The van der Waals surface area contributed by atoms with Crippen LogP contribution >= 0.6 is 0 Å². The third-order valence-electron chi connectivity index (χ3n) is 5.57. The van der Waals surface area contributed by atoms with E-state index >= 15 is 0 Å². The summed E-state index contributed by atoms with van der Waals surface area (Å²) in [4.78, 5) is 26.1. The first-order valence-corrected chi connectivity index (χ1v) is 8.63. The first kappa shape index (κ1) is 20.3. The number of carbonyl (C=O) groups excluding carboxylic acids is 2. The number of hydrogen-bond acceptors (Lipinski definition) is 2. The Hall–Kier alpha value is -1.00. The van der Waals surface area contributed by atoms with Crippen LogP contribution in [-0.4, -0.2) is 11.6 Å². The molecule has 0 N–H and O–H groups in total. The molecule has 0 saturated carbocycles. The van der Waals surface area contributed by atoms with E-state index in [0.717, 1.165) is 44.2 Å². The van der Waals surface area contributed by atoms with Gasteiger partial charge in [-0.2, -0.15) is 0 Å². The third kappa shape index (κ3) is 2.56. The van der Waals surface area contributed by atoms with Gasteiger partial charge in [0.05, 0.1) is 0 Å². The molecule has 0 heterocycles. The fourth-order valence-corrected chi connectivity index (χ4v) is 4.44. The van der Waals surface area contributed by atoms with E-state index in [1.165, 1.54) is 0 Å². The Morgan fingerprint density at radius 1 is 0.357 bits per heavy atom. The van der Waals surface area contributed by atoms with E-state index < -0.39 is 0 Å². The van der Waals surface area contributed by atoms with Crippen molar-refractivity contribution in [3.05, 3.63) is 95.1 Å². The van der Waals surface area contributed by atoms with Crippen LogP contribution in [0.25, 0.3) is 33.0 Å². The van der Waals surface area contributed by atoms with Gasteiger partial charge in [0, 0.05) is 109 Å². The van der Waals surface area contributed by atoms with Gasteiger partial charge in [-0.3, -0.25) is 9.59 Å². The van der Waals surface area contributed by atoms with Gasteiger partial charge in [0.2, 0.25) is 0 Å². The van der Waals surface area contributed by atoms with E-state index in [9.17, 15) is 9.59 Å². The van der Waals surface area contributed by atoms with Crippen molar-refractivity contribution >= 4 is 22.3 Å². The Kier molecular flexibility index (Phi) is 5.33. The molecule has 0 unspecified atom stereocenters. The molecular weight excluding hydrogens is 400 g/mol. The molecule has 0 bridgehead atoms. The molecule has 4 heteroatoms. The van der Waals surface area contributed by atoms with Gasteiger partial charge < -0.3 is 0 Å². The van der Waals surface area contributed by atoms with E-state index in [1.54, 1.807) is 0 Å². The van der Waals surface area contributed by atoms with Crippen molar-refractivity contribution in [3.8, 4) is 22.3 Å². The summed E-state index contributed by atoms with van der Waals surface area (Å²) in [5, 5.41) is 1.82. The summed E-state index contributed by atoms with van der Waals surface area (Å²) in [6, 6.07) is 23.2. The molecule has 0 atom stereocenters. The minimum atomic E-state index is 0. The van der Waals surface area contributed by atoms with Crippen LogP contribution in [0.1, 0.15) is 31.8 Å². The second-order valence-corrected chi connectivity index (χ2v) is 6.82. The van der Waals surface area contributed by atoms with Crippen LogP contribution in [0.2, 0.25) is 0 Å². The molecule has 0 spiro atoms. The molecule has 0 fully saturated rings. The summed E-state index contributed by atoms with van der Waals surface area (Å²) in [6.07, 6.45) is 0. The fraction of sp³-hybridized carbons (Fsp3) is 0. The topological polar surface area (TPSA) is 34.1 Å². The van der Waals surface area contributed by atoms with E-state index in [4.69, 9.17) is 0 Å². The summed E-state index contributed by atoms with van der Waals surface area (Å²) in [5.74, 6) is 0.0613. The zero-order valence-electron chi connectivity index (χ0n) is 14.5. The SMILES string of the molecule is O=C1c2ccccc2-c2ccc3c4c(ccc1c24)-c1ccccc1C3=O.[Ar].[Ar]. The monoisotopic (exact) mass is 412 g/mol. The molecular formula is C24H12Ar2O2. The van der Waals surface area contributed by atoms with Crippen LogP contribution in [-0.2, 0) is 0 Å². The predicted octanol–water partition coefficient (Wildman–Crippen LogP) is 5.26.